The van der Waals surface area contributed by atoms with E-state index in [2.05, 4.69) is 24.1 Å². The Hall–Kier alpha value is -0.290. The fraction of sp³-hybridized carbons (Fsp3) is 1.00. The molecule has 17 heavy (non-hydrogen) atoms. The molecule has 104 valence electrons. The molecule has 0 unspecified atom stereocenters. The molecule has 0 aliphatic carbocycles. The Morgan fingerprint density at radius 1 is 0.941 bits per heavy atom. The van der Waals surface area contributed by atoms with Crippen molar-refractivity contribution in [2.24, 2.45) is 0 Å². The van der Waals surface area contributed by atoms with Gasteiger partial charge in [0.05, 0.1) is 6.54 Å². The van der Waals surface area contributed by atoms with E-state index in [4.69, 9.17) is 0 Å². The molecule has 0 saturated carbocycles. The monoisotopic (exact) mass is 254 g/mol. The molecule has 0 amide bonds. The zero-order valence-corrected chi connectivity index (χ0v) is 10.9. The maximum Gasteiger partial charge on any atom is 0.401 e. The van der Waals surface area contributed by atoms with E-state index in [1.54, 1.807) is 0 Å². The maximum absolute atomic E-state index is 11.9. The van der Waals surface area contributed by atoms with Crippen molar-refractivity contribution < 1.29 is 13.2 Å². The van der Waals surface area contributed by atoms with Gasteiger partial charge in [-0.15, -0.1) is 0 Å². The molecule has 0 heterocycles. The molecule has 0 fully saturated rings. The number of hydrogen-bond donors (Lipinski definition) is 1. The van der Waals surface area contributed by atoms with Crippen LogP contribution < -0.4 is 5.32 Å². The van der Waals surface area contributed by atoms with Crippen molar-refractivity contribution in [3.8, 4) is 0 Å². The van der Waals surface area contributed by atoms with Gasteiger partial charge in [-0.3, -0.25) is 0 Å². The minimum atomic E-state index is -4.10. The SMILES string of the molecule is CCCCN(CCCC)CCNCC(F)(F)F. The fourth-order valence-electron chi connectivity index (χ4n) is 1.57. The zero-order chi connectivity index (χ0) is 13.1. The van der Waals surface area contributed by atoms with Crippen molar-refractivity contribution >= 4 is 0 Å². The van der Waals surface area contributed by atoms with Gasteiger partial charge in [-0.25, -0.2) is 0 Å². The Bertz CT molecular complexity index is 164. The van der Waals surface area contributed by atoms with E-state index in [1.807, 2.05) is 0 Å². The molecule has 0 spiro atoms. The van der Waals surface area contributed by atoms with Gasteiger partial charge in [0, 0.05) is 13.1 Å². The van der Waals surface area contributed by atoms with E-state index in [1.165, 1.54) is 0 Å². The topological polar surface area (TPSA) is 15.3 Å². The average Bonchev–Trinajstić information content (AvgIpc) is 2.25. The highest BCUT2D eigenvalue weighted by Crippen LogP contribution is 2.11. The Morgan fingerprint density at radius 2 is 1.47 bits per heavy atom. The van der Waals surface area contributed by atoms with Crippen LogP contribution >= 0.6 is 0 Å². The summed E-state index contributed by atoms with van der Waals surface area (Å²) >= 11 is 0. The van der Waals surface area contributed by atoms with Crippen molar-refractivity contribution in [1.82, 2.24) is 10.2 Å². The lowest BCUT2D eigenvalue weighted by Gasteiger charge is -2.22. The summed E-state index contributed by atoms with van der Waals surface area (Å²) in [5.74, 6) is 0. The molecular weight excluding hydrogens is 229 g/mol. The number of nitrogens with zero attached hydrogens (tertiary/aromatic N) is 1. The van der Waals surface area contributed by atoms with Crippen molar-refractivity contribution in [1.29, 1.82) is 0 Å². The molecular formula is C12H25F3N2. The molecule has 5 heteroatoms. The molecule has 0 aliphatic heterocycles. The highest BCUT2D eigenvalue weighted by atomic mass is 19.4. The Balaban J connectivity index is 3.66. The van der Waals surface area contributed by atoms with Crippen molar-refractivity contribution in [3.05, 3.63) is 0 Å². The second kappa shape index (κ2) is 9.71. The first-order chi connectivity index (χ1) is 7.99. The third-order valence-corrected chi connectivity index (χ3v) is 2.59. The van der Waals surface area contributed by atoms with Gasteiger partial charge in [-0.1, -0.05) is 26.7 Å². The van der Waals surface area contributed by atoms with Crippen molar-refractivity contribution in [2.75, 3.05) is 32.7 Å². The summed E-state index contributed by atoms with van der Waals surface area (Å²) in [7, 11) is 0. The van der Waals surface area contributed by atoms with E-state index >= 15 is 0 Å². The minimum Gasteiger partial charge on any atom is -0.307 e. The lowest BCUT2D eigenvalue weighted by molar-refractivity contribution is -0.124. The van der Waals surface area contributed by atoms with Gasteiger partial charge < -0.3 is 10.2 Å². The van der Waals surface area contributed by atoms with E-state index < -0.39 is 12.7 Å². The summed E-state index contributed by atoms with van der Waals surface area (Å²) in [6.07, 6.45) is 0.376. The molecule has 0 atom stereocenters. The molecule has 0 radical (unpaired) electrons. The van der Waals surface area contributed by atoms with E-state index in [9.17, 15) is 13.2 Å². The molecule has 0 rings (SSSR count). The number of nitrogens with one attached hydrogen (secondary N) is 1. The van der Waals surface area contributed by atoms with Gasteiger partial charge in [0.1, 0.15) is 0 Å². The second-order valence-corrected chi connectivity index (χ2v) is 4.34. The quantitative estimate of drug-likeness (QED) is 0.603. The van der Waals surface area contributed by atoms with Gasteiger partial charge in [-0.05, 0) is 25.9 Å². The van der Waals surface area contributed by atoms with Crippen molar-refractivity contribution in [3.63, 3.8) is 0 Å². The highest BCUT2D eigenvalue weighted by Gasteiger charge is 2.25. The molecule has 0 saturated heterocycles. The normalized spacial score (nSPS) is 12.4. The van der Waals surface area contributed by atoms with Crippen LogP contribution in [-0.2, 0) is 0 Å². The van der Waals surface area contributed by atoms with Crippen LogP contribution in [0.25, 0.3) is 0 Å². The van der Waals surface area contributed by atoms with Crippen LogP contribution in [-0.4, -0.2) is 43.8 Å². The third-order valence-electron chi connectivity index (χ3n) is 2.59. The largest absolute Gasteiger partial charge is 0.401 e. The summed E-state index contributed by atoms with van der Waals surface area (Å²) < 4.78 is 35.7. The molecule has 0 aromatic heterocycles. The van der Waals surface area contributed by atoms with Crippen LogP contribution in [0, 0.1) is 0 Å². The van der Waals surface area contributed by atoms with Gasteiger partial charge in [-0.2, -0.15) is 13.2 Å². The van der Waals surface area contributed by atoms with Crippen LogP contribution in [0.2, 0.25) is 0 Å². The lowest BCUT2D eigenvalue weighted by Crippen LogP contribution is -2.37. The average molecular weight is 254 g/mol. The maximum atomic E-state index is 11.9. The van der Waals surface area contributed by atoms with Crippen LogP contribution in [0.4, 0.5) is 13.2 Å². The summed E-state index contributed by atoms with van der Waals surface area (Å²) in [4.78, 5) is 2.25. The first-order valence-corrected chi connectivity index (χ1v) is 6.49. The predicted octanol–water partition coefficient (Wildman–Crippen LogP) is 3.04. The van der Waals surface area contributed by atoms with Crippen molar-refractivity contribution in [2.45, 2.75) is 45.7 Å². The first kappa shape index (κ1) is 16.7. The smallest absolute Gasteiger partial charge is 0.307 e. The predicted molar refractivity (Wildman–Crippen MR) is 65.2 cm³/mol. The zero-order valence-electron chi connectivity index (χ0n) is 10.9. The number of alkyl halides is 3. The van der Waals surface area contributed by atoms with Gasteiger partial charge in [0.2, 0.25) is 0 Å². The molecule has 2 nitrogen and oxygen atoms in total. The number of unbranched alkanes of at least 4 members (excludes halogenated alkanes) is 2. The fourth-order valence-corrected chi connectivity index (χ4v) is 1.57. The molecule has 0 aromatic rings. The Kier molecular flexibility index (Phi) is 9.55. The first-order valence-electron chi connectivity index (χ1n) is 6.49. The minimum absolute atomic E-state index is 0.410. The van der Waals surface area contributed by atoms with Crippen LogP contribution in [0.5, 0.6) is 0 Å². The lowest BCUT2D eigenvalue weighted by atomic mass is 10.2. The summed E-state index contributed by atoms with van der Waals surface area (Å²) in [5.41, 5.74) is 0. The second-order valence-electron chi connectivity index (χ2n) is 4.34. The van der Waals surface area contributed by atoms with Crippen LogP contribution in [0.1, 0.15) is 39.5 Å². The summed E-state index contributed by atoms with van der Waals surface area (Å²) in [6.45, 7) is 6.46. The number of halogens is 3. The van der Waals surface area contributed by atoms with E-state index in [0.29, 0.717) is 13.1 Å². The standard InChI is InChI=1S/C12H25F3N2/c1-3-5-8-17(9-6-4-2)10-7-16-11-12(13,14)15/h16H,3-11H2,1-2H3. The van der Waals surface area contributed by atoms with E-state index in [-0.39, 0.29) is 0 Å². The molecule has 1 N–H and O–H groups in total. The third kappa shape index (κ3) is 12.0. The van der Waals surface area contributed by atoms with Gasteiger partial charge in [0.15, 0.2) is 0 Å². The molecule has 0 aromatic carbocycles. The summed E-state index contributed by atoms with van der Waals surface area (Å²) in [5, 5.41) is 2.44. The van der Waals surface area contributed by atoms with Crippen LogP contribution in [0.15, 0.2) is 0 Å². The Morgan fingerprint density at radius 3 is 1.88 bits per heavy atom. The number of rotatable bonds is 10. The number of hydrogen-bond acceptors (Lipinski definition) is 2. The Labute approximate surface area is 103 Å². The molecule has 0 aliphatic rings. The highest BCUT2D eigenvalue weighted by molar-refractivity contribution is 4.62. The van der Waals surface area contributed by atoms with Gasteiger partial charge >= 0.3 is 6.18 Å². The van der Waals surface area contributed by atoms with E-state index in [0.717, 1.165) is 38.8 Å². The van der Waals surface area contributed by atoms with Crippen LogP contribution in [0.3, 0.4) is 0 Å². The molecule has 0 bridgehead atoms. The van der Waals surface area contributed by atoms with Gasteiger partial charge in [0.25, 0.3) is 0 Å². The summed E-state index contributed by atoms with van der Waals surface area (Å²) in [6, 6.07) is 0.